The van der Waals surface area contributed by atoms with Crippen LogP contribution in [0, 0.1) is 0 Å². The fourth-order valence-electron chi connectivity index (χ4n) is 3.42. The molecule has 2 aromatic heterocycles. The van der Waals surface area contributed by atoms with E-state index >= 15 is 0 Å². The molecule has 0 radical (unpaired) electrons. The van der Waals surface area contributed by atoms with Crippen molar-refractivity contribution < 1.29 is 4.79 Å². The van der Waals surface area contributed by atoms with Crippen molar-refractivity contribution in [3.8, 4) is 0 Å². The first kappa shape index (κ1) is 20.3. The summed E-state index contributed by atoms with van der Waals surface area (Å²) in [6.07, 6.45) is 5.66. The predicted molar refractivity (Wildman–Crippen MR) is 110 cm³/mol. The van der Waals surface area contributed by atoms with E-state index in [1.165, 1.54) is 5.56 Å². The summed E-state index contributed by atoms with van der Waals surface area (Å²) in [5.74, 6) is 0. The van der Waals surface area contributed by atoms with Gasteiger partial charge in [0.05, 0.1) is 17.9 Å². The van der Waals surface area contributed by atoms with Crippen LogP contribution < -0.4 is 5.32 Å². The number of carbonyl (C=O) groups is 1. The van der Waals surface area contributed by atoms with Gasteiger partial charge in [-0.25, -0.2) is 4.79 Å². The summed E-state index contributed by atoms with van der Waals surface area (Å²) in [7, 11) is 1.82. The summed E-state index contributed by atoms with van der Waals surface area (Å²) >= 11 is 0. The van der Waals surface area contributed by atoms with E-state index in [9.17, 15) is 4.79 Å². The molecule has 0 bridgehead atoms. The minimum absolute atomic E-state index is 0.000631. The molecule has 2 amide bonds. The maximum atomic E-state index is 12.6. The van der Waals surface area contributed by atoms with Crippen molar-refractivity contribution >= 4 is 6.03 Å². The zero-order chi connectivity index (χ0) is 20.1. The first-order valence-electron chi connectivity index (χ1n) is 9.99. The molecule has 1 fully saturated rings. The Bertz CT molecular complexity index is 759. The lowest BCUT2D eigenvalue weighted by atomic mass is 9.92. The average molecular weight is 385 g/mol. The molecular formula is C21H32N6O. The second-order valence-electron chi connectivity index (χ2n) is 8.75. The fraction of sp³-hybridized carbons (Fsp3) is 0.571. The van der Waals surface area contributed by atoms with Gasteiger partial charge in [0.25, 0.3) is 0 Å². The number of piperidine rings is 1. The van der Waals surface area contributed by atoms with Gasteiger partial charge in [-0.05, 0) is 30.5 Å². The molecule has 152 valence electrons. The SMILES string of the molecule is CN(Cc1cc(C(C)(C)C)n[nH]1)C(=O)NC1CCN(Cc2cccnc2)CC1. The second-order valence-corrected chi connectivity index (χ2v) is 8.75. The molecule has 7 nitrogen and oxygen atoms in total. The van der Waals surface area contributed by atoms with Gasteiger partial charge in [0, 0.05) is 50.5 Å². The molecule has 0 spiro atoms. The Balaban J connectivity index is 1.43. The van der Waals surface area contributed by atoms with Gasteiger partial charge >= 0.3 is 6.03 Å². The number of aromatic amines is 1. The number of carbonyl (C=O) groups excluding carboxylic acids is 1. The van der Waals surface area contributed by atoms with Crippen LogP contribution in [-0.2, 0) is 18.5 Å². The van der Waals surface area contributed by atoms with Gasteiger partial charge in [-0.1, -0.05) is 26.8 Å². The average Bonchev–Trinajstić information content (AvgIpc) is 3.13. The van der Waals surface area contributed by atoms with Crippen LogP contribution in [0.4, 0.5) is 4.79 Å². The van der Waals surface area contributed by atoms with Gasteiger partial charge < -0.3 is 10.2 Å². The number of aromatic nitrogens is 3. The Labute approximate surface area is 167 Å². The minimum Gasteiger partial charge on any atom is -0.335 e. The maximum Gasteiger partial charge on any atom is 0.317 e. The number of urea groups is 1. The first-order chi connectivity index (χ1) is 13.3. The molecule has 2 N–H and O–H groups in total. The molecule has 7 heteroatoms. The number of amides is 2. The minimum atomic E-state index is -0.0300. The number of hydrogen-bond acceptors (Lipinski definition) is 4. The fourth-order valence-corrected chi connectivity index (χ4v) is 3.42. The number of H-pyrrole nitrogens is 1. The number of hydrogen-bond donors (Lipinski definition) is 2. The molecule has 0 unspecified atom stereocenters. The van der Waals surface area contributed by atoms with Crippen molar-refractivity contribution in [2.24, 2.45) is 0 Å². The van der Waals surface area contributed by atoms with Crippen LogP contribution in [0.25, 0.3) is 0 Å². The summed E-state index contributed by atoms with van der Waals surface area (Å²) in [5.41, 5.74) is 3.20. The molecule has 3 rings (SSSR count). The number of nitrogens with one attached hydrogen (secondary N) is 2. The predicted octanol–water partition coefficient (Wildman–Crippen LogP) is 2.91. The van der Waals surface area contributed by atoms with Crippen LogP contribution in [0.2, 0.25) is 0 Å². The van der Waals surface area contributed by atoms with Crippen molar-refractivity contribution in [2.45, 2.75) is 58.2 Å². The molecule has 1 aliphatic heterocycles. The molecule has 1 aliphatic rings. The van der Waals surface area contributed by atoms with Crippen LogP contribution in [0.15, 0.2) is 30.6 Å². The number of pyridine rings is 1. The highest BCUT2D eigenvalue weighted by Gasteiger charge is 2.23. The Kier molecular flexibility index (Phi) is 6.34. The maximum absolute atomic E-state index is 12.6. The highest BCUT2D eigenvalue weighted by molar-refractivity contribution is 5.74. The molecular weight excluding hydrogens is 352 g/mol. The van der Waals surface area contributed by atoms with E-state index in [2.05, 4.69) is 52.2 Å². The van der Waals surface area contributed by atoms with Crippen LogP contribution in [0.5, 0.6) is 0 Å². The Morgan fingerprint density at radius 3 is 2.71 bits per heavy atom. The number of rotatable bonds is 5. The molecule has 0 aliphatic carbocycles. The molecule has 0 saturated carbocycles. The summed E-state index contributed by atoms with van der Waals surface area (Å²) in [6, 6.07) is 6.32. The smallest absolute Gasteiger partial charge is 0.317 e. The lowest BCUT2D eigenvalue weighted by Gasteiger charge is -2.33. The lowest BCUT2D eigenvalue weighted by molar-refractivity contribution is 0.173. The molecule has 1 saturated heterocycles. The van der Waals surface area contributed by atoms with Crippen LogP contribution in [0.1, 0.15) is 50.6 Å². The third-order valence-electron chi connectivity index (χ3n) is 5.20. The van der Waals surface area contributed by atoms with E-state index < -0.39 is 0 Å². The van der Waals surface area contributed by atoms with Crippen molar-refractivity contribution in [2.75, 3.05) is 20.1 Å². The van der Waals surface area contributed by atoms with E-state index in [4.69, 9.17) is 0 Å². The number of nitrogens with zero attached hydrogens (tertiary/aromatic N) is 4. The van der Waals surface area contributed by atoms with Crippen molar-refractivity contribution in [3.05, 3.63) is 47.5 Å². The van der Waals surface area contributed by atoms with E-state index in [-0.39, 0.29) is 17.5 Å². The normalized spacial score (nSPS) is 16.1. The lowest BCUT2D eigenvalue weighted by Crippen LogP contribution is -2.48. The standard InChI is InChI=1S/C21H32N6O/c1-21(2,3)19-12-18(24-25-19)15-26(4)20(28)23-17-7-10-27(11-8-17)14-16-6-5-9-22-13-16/h5-6,9,12-13,17H,7-8,10-11,14-15H2,1-4H3,(H,23,28)(H,24,25). The van der Waals surface area contributed by atoms with E-state index in [0.29, 0.717) is 6.54 Å². The summed E-state index contributed by atoms with van der Waals surface area (Å²) in [5, 5.41) is 10.6. The zero-order valence-corrected chi connectivity index (χ0v) is 17.4. The quantitative estimate of drug-likeness (QED) is 0.831. The summed E-state index contributed by atoms with van der Waals surface area (Å²) in [4.78, 5) is 20.9. The molecule has 3 heterocycles. The van der Waals surface area contributed by atoms with E-state index in [1.54, 1.807) is 11.1 Å². The van der Waals surface area contributed by atoms with Crippen molar-refractivity contribution in [3.63, 3.8) is 0 Å². The molecule has 2 aromatic rings. The van der Waals surface area contributed by atoms with Crippen molar-refractivity contribution in [1.29, 1.82) is 0 Å². The summed E-state index contributed by atoms with van der Waals surface area (Å²) in [6.45, 7) is 9.80. The largest absolute Gasteiger partial charge is 0.335 e. The first-order valence-corrected chi connectivity index (χ1v) is 9.99. The van der Waals surface area contributed by atoms with Gasteiger partial charge in [0.1, 0.15) is 0 Å². The van der Waals surface area contributed by atoms with E-state index in [0.717, 1.165) is 43.9 Å². The van der Waals surface area contributed by atoms with E-state index in [1.807, 2.05) is 25.4 Å². The third kappa shape index (κ3) is 5.55. The van der Waals surface area contributed by atoms with Crippen LogP contribution in [0.3, 0.4) is 0 Å². The van der Waals surface area contributed by atoms with Gasteiger partial charge in [-0.2, -0.15) is 5.10 Å². The van der Waals surface area contributed by atoms with Crippen LogP contribution >= 0.6 is 0 Å². The third-order valence-corrected chi connectivity index (χ3v) is 5.20. The van der Waals surface area contributed by atoms with Gasteiger partial charge in [-0.3, -0.25) is 15.0 Å². The van der Waals surface area contributed by atoms with Gasteiger partial charge in [-0.15, -0.1) is 0 Å². The zero-order valence-electron chi connectivity index (χ0n) is 17.4. The Morgan fingerprint density at radius 2 is 2.11 bits per heavy atom. The Morgan fingerprint density at radius 1 is 1.36 bits per heavy atom. The van der Waals surface area contributed by atoms with Crippen molar-refractivity contribution in [1.82, 2.24) is 30.3 Å². The second kappa shape index (κ2) is 8.73. The monoisotopic (exact) mass is 384 g/mol. The van der Waals surface area contributed by atoms with Crippen LogP contribution in [-0.4, -0.2) is 57.2 Å². The highest BCUT2D eigenvalue weighted by atomic mass is 16.2. The molecule has 0 aromatic carbocycles. The topological polar surface area (TPSA) is 77.2 Å². The Hall–Kier alpha value is -2.41. The summed E-state index contributed by atoms with van der Waals surface area (Å²) < 4.78 is 0. The number of likely N-dealkylation sites (tertiary alicyclic amines) is 1. The highest BCUT2D eigenvalue weighted by Crippen LogP contribution is 2.20. The van der Waals surface area contributed by atoms with Gasteiger partial charge in [0.2, 0.25) is 0 Å². The molecule has 0 atom stereocenters. The molecule has 28 heavy (non-hydrogen) atoms. The van der Waals surface area contributed by atoms with Gasteiger partial charge in [0.15, 0.2) is 0 Å².